The average molecular weight is 295 g/mol. The van der Waals surface area contributed by atoms with Gasteiger partial charge in [-0.15, -0.1) is 0 Å². The summed E-state index contributed by atoms with van der Waals surface area (Å²) in [6, 6.07) is 0.217. The number of hydrogen-bond acceptors (Lipinski definition) is 2. The fourth-order valence-corrected chi connectivity index (χ4v) is 3.00. The normalized spacial score (nSPS) is 21.1. The van der Waals surface area contributed by atoms with Gasteiger partial charge < -0.3 is 15.1 Å². The van der Waals surface area contributed by atoms with Crippen LogP contribution in [0.2, 0.25) is 0 Å². The van der Waals surface area contributed by atoms with E-state index in [0.29, 0.717) is 24.9 Å². The lowest BCUT2D eigenvalue weighted by atomic mass is 10.1. The van der Waals surface area contributed by atoms with Crippen LogP contribution in [-0.4, -0.2) is 54.0 Å². The van der Waals surface area contributed by atoms with Gasteiger partial charge in [-0.1, -0.05) is 13.8 Å². The molecule has 0 aromatic carbocycles. The molecule has 1 N–H and O–H groups in total. The van der Waals surface area contributed by atoms with Crippen LogP contribution in [0, 0.1) is 11.8 Å². The zero-order chi connectivity index (χ0) is 15.4. The van der Waals surface area contributed by atoms with Crippen molar-refractivity contribution >= 4 is 11.9 Å². The van der Waals surface area contributed by atoms with Gasteiger partial charge in [-0.25, -0.2) is 4.79 Å². The van der Waals surface area contributed by atoms with E-state index in [0.717, 1.165) is 38.8 Å². The number of carbonyl (C=O) groups excluding carboxylic acids is 2. The predicted molar refractivity (Wildman–Crippen MR) is 82.9 cm³/mol. The first-order chi connectivity index (χ1) is 9.97. The van der Waals surface area contributed by atoms with Crippen LogP contribution in [-0.2, 0) is 4.79 Å². The van der Waals surface area contributed by atoms with Gasteiger partial charge >= 0.3 is 6.03 Å². The van der Waals surface area contributed by atoms with Gasteiger partial charge in [0.25, 0.3) is 0 Å². The lowest BCUT2D eigenvalue weighted by molar-refractivity contribution is -0.132. The van der Waals surface area contributed by atoms with E-state index in [-0.39, 0.29) is 18.0 Å². The monoisotopic (exact) mass is 295 g/mol. The number of rotatable bonds is 4. The Morgan fingerprint density at radius 2 is 1.67 bits per heavy atom. The quantitative estimate of drug-likeness (QED) is 0.863. The minimum absolute atomic E-state index is 0.0175. The van der Waals surface area contributed by atoms with Gasteiger partial charge in [0.05, 0.1) is 0 Å². The molecule has 1 unspecified atom stereocenters. The summed E-state index contributed by atoms with van der Waals surface area (Å²) in [5.74, 6) is 1.15. The van der Waals surface area contributed by atoms with Crippen molar-refractivity contribution in [2.24, 2.45) is 11.8 Å². The van der Waals surface area contributed by atoms with Crippen LogP contribution in [0.4, 0.5) is 4.79 Å². The molecule has 5 heteroatoms. The summed E-state index contributed by atoms with van der Waals surface area (Å²) in [4.78, 5) is 28.2. The second-order valence-electron chi connectivity index (χ2n) is 6.92. The molecule has 0 spiro atoms. The lowest BCUT2D eigenvalue weighted by Crippen LogP contribution is -2.46. The highest BCUT2D eigenvalue weighted by Gasteiger charge is 2.34. The first kappa shape index (κ1) is 16.1. The highest BCUT2D eigenvalue weighted by Crippen LogP contribution is 2.31. The molecule has 21 heavy (non-hydrogen) atoms. The maximum absolute atomic E-state index is 12.3. The minimum atomic E-state index is 0.0175. The van der Waals surface area contributed by atoms with Gasteiger partial charge in [0.1, 0.15) is 0 Å². The van der Waals surface area contributed by atoms with Gasteiger partial charge in [0.2, 0.25) is 5.91 Å². The third-order valence-electron chi connectivity index (χ3n) is 4.22. The van der Waals surface area contributed by atoms with Crippen LogP contribution < -0.4 is 5.32 Å². The largest absolute Gasteiger partial charge is 0.341 e. The lowest BCUT2D eigenvalue weighted by Gasteiger charge is -2.25. The molecule has 0 bridgehead atoms. The van der Waals surface area contributed by atoms with Crippen molar-refractivity contribution in [3.63, 3.8) is 0 Å². The zero-order valence-electron chi connectivity index (χ0n) is 13.6. The molecule has 0 aromatic heterocycles. The Bertz CT molecular complexity index is 380. The molecule has 1 aliphatic carbocycles. The van der Waals surface area contributed by atoms with Crippen molar-refractivity contribution in [2.45, 2.75) is 52.5 Å². The van der Waals surface area contributed by atoms with Crippen molar-refractivity contribution in [3.05, 3.63) is 0 Å². The Morgan fingerprint density at radius 3 is 2.29 bits per heavy atom. The fourth-order valence-electron chi connectivity index (χ4n) is 3.00. The Labute approximate surface area is 128 Å². The van der Waals surface area contributed by atoms with Crippen LogP contribution in [0.15, 0.2) is 0 Å². The standard InChI is InChI=1S/C16H29N3O2/c1-12(2)11-13(3)17-16(21)19-8-4-7-18(9-10-19)15(20)14-5-6-14/h12-14H,4-11H2,1-3H3,(H,17,21). The molecule has 2 rings (SSSR count). The Balaban J connectivity index is 1.78. The summed E-state index contributed by atoms with van der Waals surface area (Å²) < 4.78 is 0. The highest BCUT2D eigenvalue weighted by molar-refractivity contribution is 5.81. The molecule has 0 aromatic rings. The zero-order valence-corrected chi connectivity index (χ0v) is 13.6. The smallest absolute Gasteiger partial charge is 0.317 e. The van der Waals surface area contributed by atoms with E-state index < -0.39 is 0 Å². The van der Waals surface area contributed by atoms with Crippen LogP contribution in [0.1, 0.15) is 46.5 Å². The van der Waals surface area contributed by atoms with Gasteiger partial charge in [-0.05, 0) is 38.5 Å². The molecule has 1 aliphatic heterocycles. The molecular weight excluding hydrogens is 266 g/mol. The van der Waals surface area contributed by atoms with Crippen LogP contribution in [0.25, 0.3) is 0 Å². The number of urea groups is 1. The molecule has 3 amide bonds. The summed E-state index contributed by atoms with van der Waals surface area (Å²) in [7, 11) is 0. The molecule has 1 saturated heterocycles. The van der Waals surface area contributed by atoms with E-state index in [1.807, 2.05) is 9.80 Å². The first-order valence-corrected chi connectivity index (χ1v) is 8.31. The number of amides is 3. The molecule has 1 saturated carbocycles. The van der Waals surface area contributed by atoms with Crippen LogP contribution in [0.5, 0.6) is 0 Å². The first-order valence-electron chi connectivity index (χ1n) is 8.31. The second kappa shape index (κ2) is 7.14. The average Bonchev–Trinajstić information content (AvgIpc) is 3.23. The SMILES string of the molecule is CC(C)CC(C)NC(=O)N1CCCN(C(=O)C2CC2)CC1. The van der Waals surface area contributed by atoms with E-state index in [1.165, 1.54) is 0 Å². The topological polar surface area (TPSA) is 52.7 Å². The molecule has 2 aliphatic rings. The van der Waals surface area contributed by atoms with E-state index in [9.17, 15) is 9.59 Å². The molecule has 5 nitrogen and oxygen atoms in total. The molecule has 1 heterocycles. The van der Waals surface area contributed by atoms with Gasteiger partial charge in [-0.3, -0.25) is 4.79 Å². The van der Waals surface area contributed by atoms with Gasteiger partial charge in [0.15, 0.2) is 0 Å². The Hall–Kier alpha value is -1.26. The van der Waals surface area contributed by atoms with Crippen molar-refractivity contribution in [1.82, 2.24) is 15.1 Å². The Morgan fingerprint density at radius 1 is 1.05 bits per heavy atom. The predicted octanol–water partition coefficient (Wildman–Crippen LogP) is 2.07. The fraction of sp³-hybridized carbons (Fsp3) is 0.875. The van der Waals surface area contributed by atoms with Gasteiger partial charge in [-0.2, -0.15) is 0 Å². The summed E-state index contributed by atoms with van der Waals surface area (Å²) in [5, 5.41) is 3.07. The molecule has 0 radical (unpaired) electrons. The maximum Gasteiger partial charge on any atom is 0.317 e. The summed E-state index contributed by atoms with van der Waals surface area (Å²) >= 11 is 0. The van der Waals surface area contributed by atoms with Crippen molar-refractivity contribution in [2.75, 3.05) is 26.2 Å². The number of carbonyl (C=O) groups is 2. The van der Waals surface area contributed by atoms with E-state index in [2.05, 4.69) is 26.1 Å². The maximum atomic E-state index is 12.3. The Kier molecular flexibility index (Phi) is 5.48. The third kappa shape index (κ3) is 4.90. The van der Waals surface area contributed by atoms with E-state index in [4.69, 9.17) is 0 Å². The van der Waals surface area contributed by atoms with Crippen molar-refractivity contribution in [1.29, 1.82) is 0 Å². The highest BCUT2D eigenvalue weighted by atomic mass is 16.2. The summed E-state index contributed by atoms with van der Waals surface area (Å²) in [5.41, 5.74) is 0. The summed E-state index contributed by atoms with van der Waals surface area (Å²) in [6.07, 6.45) is 3.97. The number of nitrogens with zero attached hydrogens (tertiary/aromatic N) is 2. The molecule has 2 fully saturated rings. The van der Waals surface area contributed by atoms with Crippen molar-refractivity contribution in [3.8, 4) is 0 Å². The molecule has 1 atom stereocenters. The van der Waals surface area contributed by atoms with Crippen LogP contribution in [0.3, 0.4) is 0 Å². The summed E-state index contributed by atoms with van der Waals surface area (Å²) in [6.45, 7) is 9.25. The number of nitrogens with one attached hydrogen (secondary N) is 1. The molecule has 120 valence electrons. The third-order valence-corrected chi connectivity index (χ3v) is 4.22. The van der Waals surface area contributed by atoms with E-state index >= 15 is 0 Å². The second-order valence-corrected chi connectivity index (χ2v) is 6.92. The van der Waals surface area contributed by atoms with E-state index in [1.54, 1.807) is 0 Å². The molecular formula is C16H29N3O2. The van der Waals surface area contributed by atoms with Crippen molar-refractivity contribution < 1.29 is 9.59 Å². The minimum Gasteiger partial charge on any atom is -0.341 e. The van der Waals surface area contributed by atoms with Gasteiger partial charge in [0, 0.05) is 38.1 Å². The van der Waals surface area contributed by atoms with Crippen LogP contribution >= 0.6 is 0 Å². The number of hydrogen-bond donors (Lipinski definition) is 1.